The molecule has 0 radical (unpaired) electrons. The highest BCUT2D eigenvalue weighted by Crippen LogP contribution is 2.31. The Morgan fingerprint density at radius 3 is 2.67 bits per heavy atom. The number of nitrogens with one attached hydrogen (secondary N) is 1. The van der Waals surface area contributed by atoms with Crippen molar-refractivity contribution in [1.29, 1.82) is 0 Å². The maximum Gasteiger partial charge on any atom is 0.416 e. The van der Waals surface area contributed by atoms with Crippen LogP contribution in [-0.2, 0) is 19.6 Å². The van der Waals surface area contributed by atoms with E-state index in [9.17, 15) is 13.2 Å². The monoisotopic (exact) mass is 297 g/mol. The molecule has 0 aliphatic carbocycles. The van der Waals surface area contributed by atoms with Gasteiger partial charge in [0.15, 0.2) is 0 Å². The molecule has 21 heavy (non-hydrogen) atoms. The van der Waals surface area contributed by atoms with E-state index in [-0.39, 0.29) is 6.04 Å². The van der Waals surface area contributed by atoms with Gasteiger partial charge in [-0.1, -0.05) is 19.1 Å². The standard InChI is InChI=1S/C15H18F3N3/c1-3-19-14(7-11-9-20-21(2)10-11)12-5-4-6-13(8-12)15(16,17)18/h4-6,8-10,14,19H,3,7H2,1-2H3. The highest BCUT2D eigenvalue weighted by Gasteiger charge is 2.30. The lowest BCUT2D eigenvalue weighted by molar-refractivity contribution is -0.137. The topological polar surface area (TPSA) is 29.9 Å². The lowest BCUT2D eigenvalue weighted by Gasteiger charge is -2.19. The van der Waals surface area contributed by atoms with Gasteiger partial charge in [-0.3, -0.25) is 4.68 Å². The summed E-state index contributed by atoms with van der Waals surface area (Å²) in [5, 5.41) is 7.32. The van der Waals surface area contributed by atoms with Crippen LogP contribution in [-0.4, -0.2) is 16.3 Å². The maximum atomic E-state index is 12.8. The first-order valence-corrected chi connectivity index (χ1v) is 6.78. The molecular weight excluding hydrogens is 279 g/mol. The summed E-state index contributed by atoms with van der Waals surface area (Å²) < 4.78 is 40.1. The first-order chi connectivity index (χ1) is 9.90. The van der Waals surface area contributed by atoms with Gasteiger partial charge in [0.05, 0.1) is 11.8 Å². The summed E-state index contributed by atoms with van der Waals surface area (Å²) in [7, 11) is 1.82. The average Bonchev–Trinajstić information content (AvgIpc) is 2.83. The lowest BCUT2D eigenvalue weighted by atomic mass is 9.98. The van der Waals surface area contributed by atoms with Crippen molar-refractivity contribution < 1.29 is 13.2 Å². The van der Waals surface area contributed by atoms with Crippen molar-refractivity contribution in [1.82, 2.24) is 15.1 Å². The maximum absolute atomic E-state index is 12.8. The normalized spacial score (nSPS) is 13.4. The first-order valence-electron chi connectivity index (χ1n) is 6.78. The van der Waals surface area contributed by atoms with Crippen LogP contribution in [0.4, 0.5) is 13.2 Å². The summed E-state index contributed by atoms with van der Waals surface area (Å²) in [6, 6.07) is 5.31. The van der Waals surface area contributed by atoms with Gasteiger partial charge in [0.1, 0.15) is 0 Å². The molecule has 6 heteroatoms. The molecule has 1 unspecified atom stereocenters. The van der Waals surface area contributed by atoms with Crippen molar-refractivity contribution >= 4 is 0 Å². The molecule has 0 fully saturated rings. The van der Waals surface area contributed by atoms with Crippen LogP contribution in [0.1, 0.15) is 29.7 Å². The third-order valence-corrected chi connectivity index (χ3v) is 3.27. The number of alkyl halides is 3. The molecule has 1 heterocycles. The summed E-state index contributed by atoms with van der Waals surface area (Å²) >= 11 is 0. The molecule has 114 valence electrons. The fraction of sp³-hybridized carbons (Fsp3) is 0.400. The number of aryl methyl sites for hydroxylation is 1. The van der Waals surface area contributed by atoms with E-state index in [1.165, 1.54) is 12.1 Å². The number of rotatable bonds is 5. The minimum atomic E-state index is -4.32. The molecule has 0 saturated carbocycles. The zero-order valence-electron chi connectivity index (χ0n) is 12.0. The zero-order valence-corrected chi connectivity index (χ0v) is 12.0. The number of benzene rings is 1. The molecule has 0 aliphatic rings. The van der Waals surface area contributed by atoms with Crippen molar-refractivity contribution in [3.8, 4) is 0 Å². The number of hydrogen-bond donors (Lipinski definition) is 1. The SMILES string of the molecule is CCNC(Cc1cnn(C)c1)c1cccc(C(F)(F)F)c1. The third-order valence-electron chi connectivity index (χ3n) is 3.27. The van der Waals surface area contributed by atoms with Crippen LogP contribution >= 0.6 is 0 Å². The highest BCUT2D eigenvalue weighted by molar-refractivity contribution is 5.29. The van der Waals surface area contributed by atoms with Gasteiger partial charge in [-0.05, 0) is 36.2 Å². The minimum absolute atomic E-state index is 0.165. The van der Waals surface area contributed by atoms with E-state index in [1.54, 1.807) is 16.9 Å². The molecule has 1 aromatic carbocycles. The number of nitrogens with zero attached hydrogens (tertiary/aromatic N) is 2. The molecule has 0 amide bonds. The van der Waals surface area contributed by atoms with Gasteiger partial charge in [-0.15, -0.1) is 0 Å². The number of aromatic nitrogens is 2. The van der Waals surface area contributed by atoms with Crippen LogP contribution in [0.3, 0.4) is 0 Å². The van der Waals surface area contributed by atoms with Crippen molar-refractivity contribution in [3.63, 3.8) is 0 Å². The van der Waals surface area contributed by atoms with E-state index >= 15 is 0 Å². The molecular formula is C15H18F3N3. The Hall–Kier alpha value is -1.82. The highest BCUT2D eigenvalue weighted by atomic mass is 19.4. The molecule has 1 aromatic heterocycles. The summed E-state index contributed by atoms with van der Waals surface area (Å²) in [5.74, 6) is 0. The van der Waals surface area contributed by atoms with E-state index < -0.39 is 11.7 Å². The Morgan fingerprint density at radius 1 is 1.33 bits per heavy atom. The smallest absolute Gasteiger partial charge is 0.310 e. The molecule has 1 N–H and O–H groups in total. The van der Waals surface area contributed by atoms with Gasteiger partial charge >= 0.3 is 6.18 Å². The van der Waals surface area contributed by atoms with Gasteiger partial charge in [0.2, 0.25) is 0 Å². The Kier molecular flexibility index (Phi) is 4.67. The van der Waals surface area contributed by atoms with Crippen molar-refractivity contribution in [3.05, 3.63) is 53.3 Å². The van der Waals surface area contributed by atoms with Crippen LogP contribution < -0.4 is 5.32 Å². The fourth-order valence-corrected chi connectivity index (χ4v) is 2.30. The van der Waals surface area contributed by atoms with Gasteiger partial charge in [0, 0.05) is 19.3 Å². The summed E-state index contributed by atoms with van der Waals surface area (Å²) in [5.41, 5.74) is 1.01. The Labute approximate surface area is 121 Å². The fourth-order valence-electron chi connectivity index (χ4n) is 2.30. The molecule has 2 aromatic rings. The van der Waals surface area contributed by atoms with Gasteiger partial charge in [-0.25, -0.2) is 0 Å². The van der Waals surface area contributed by atoms with Gasteiger partial charge < -0.3 is 5.32 Å². The van der Waals surface area contributed by atoms with Crippen LogP contribution in [0.2, 0.25) is 0 Å². The largest absolute Gasteiger partial charge is 0.416 e. The molecule has 3 nitrogen and oxygen atoms in total. The minimum Gasteiger partial charge on any atom is -0.310 e. The molecule has 0 spiro atoms. The van der Waals surface area contributed by atoms with E-state index in [1.807, 2.05) is 20.2 Å². The van der Waals surface area contributed by atoms with Crippen LogP contribution in [0.5, 0.6) is 0 Å². The predicted octanol–water partition coefficient (Wildman–Crippen LogP) is 3.33. The van der Waals surface area contributed by atoms with Crippen molar-refractivity contribution in [2.24, 2.45) is 7.05 Å². The quantitative estimate of drug-likeness (QED) is 0.917. The molecule has 0 aliphatic heterocycles. The van der Waals surface area contributed by atoms with Crippen LogP contribution in [0.25, 0.3) is 0 Å². The zero-order chi connectivity index (χ0) is 15.5. The molecule has 0 saturated heterocycles. The van der Waals surface area contributed by atoms with Crippen molar-refractivity contribution in [2.75, 3.05) is 6.54 Å². The van der Waals surface area contributed by atoms with E-state index in [0.29, 0.717) is 18.5 Å². The van der Waals surface area contributed by atoms with Gasteiger partial charge in [0.25, 0.3) is 0 Å². The lowest BCUT2D eigenvalue weighted by Crippen LogP contribution is -2.23. The molecule has 0 bridgehead atoms. The van der Waals surface area contributed by atoms with Crippen LogP contribution in [0, 0.1) is 0 Å². The number of likely N-dealkylation sites (N-methyl/N-ethyl adjacent to an activating group) is 1. The van der Waals surface area contributed by atoms with Gasteiger partial charge in [-0.2, -0.15) is 18.3 Å². The Morgan fingerprint density at radius 2 is 2.10 bits per heavy atom. The van der Waals surface area contributed by atoms with E-state index in [0.717, 1.165) is 11.6 Å². The third kappa shape index (κ3) is 4.07. The summed E-state index contributed by atoms with van der Waals surface area (Å²) in [4.78, 5) is 0. The Bertz CT molecular complexity index is 590. The van der Waals surface area contributed by atoms with E-state index in [2.05, 4.69) is 10.4 Å². The van der Waals surface area contributed by atoms with Crippen molar-refractivity contribution in [2.45, 2.75) is 25.6 Å². The van der Waals surface area contributed by atoms with E-state index in [4.69, 9.17) is 0 Å². The molecule has 2 rings (SSSR count). The number of halogens is 3. The second kappa shape index (κ2) is 6.30. The second-order valence-electron chi connectivity index (χ2n) is 4.96. The average molecular weight is 297 g/mol. The predicted molar refractivity (Wildman–Crippen MR) is 74.8 cm³/mol. The Balaban J connectivity index is 2.25. The second-order valence-corrected chi connectivity index (χ2v) is 4.96. The summed E-state index contributed by atoms with van der Waals surface area (Å²) in [6.07, 6.45) is -0.111. The number of hydrogen-bond acceptors (Lipinski definition) is 2. The summed E-state index contributed by atoms with van der Waals surface area (Å²) in [6.45, 7) is 2.62. The van der Waals surface area contributed by atoms with Crippen LogP contribution in [0.15, 0.2) is 36.7 Å². The first kappa shape index (κ1) is 15.6. The molecule has 1 atom stereocenters.